The third kappa shape index (κ3) is 5.88. The first kappa shape index (κ1) is 21.1. The summed E-state index contributed by atoms with van der Waals surface area (Å²) in [7, 11) is 1.53. The highest BCUT2D eigenvalue weighted by atomic mass is 127. The maximum atomic E-state index is 11.8. The molecule has 0 bridgehead atoms. The second kappa shape index (κ2) is 10.2. The zero-order chi connectivity index (χ0) is 19.8. The summed E-state index contributed by atoms with van der Waals surface area (Å²) in [5, 5.41) is 9.84. The van der Waals surface area contributed by atoms with E-state index in [4.69, 9.17) is 25.8 Å². The summed E-state index contributed by atoms with van der Waals surface area (Å²) in [5.74, 6) is 0.431. The molecule has 140 valence electrons. The quantitative estimate of drug-likeness (QED) is 0.233. The van der Waals surface area contributed by atoms with E-state index < -0.39 is 5.97 Å². The van der Waals surface area contributed by atoms with Gasteiger partial charge in [-0.25, -0.2) is 4.79 Å². The molecule has 0 aliphatic rings. The van der Waals surface area contributed by atoms with Crippen LogP contribution < -0.4 is 9.47 Å². The zero-order valence-electron chi connectivity index (χ0n) is 14.8. The maximum Gasteiger partial charge on any atom is 0.348 e. The van der Waals surface area contributed by atoms with Crippen LogP contribution in [0.4, 0.5) is 0 Å². The Morgan fingerprint density at radius 2 is 2.00 bits per heavy atom. The Morgan fingerprint density at radius 3 is 2.59 bits per heavy atom. The fourth-order valence-corrected chi connectivity index (χ4v) is 3.12. The molecule has 0 saturated heterocycles. The van der Waals surface area contributed by atoms with Gasteiger partial charge in [0.1, 0.15) is 18.2 Å². The van der Waals surface area contributed by atoms with Gasteiger partial charge in [0.15, 0.2) is 11.5 Å². The van der Waals surface area contributed by atoms with Gasteiger partial charge in [0.25, 0.3) is 0 Å². The van der Waals surface area contributed by atoms with Gasteiger partial charge >= 0.3 is 5.97 Å². The first-order valence-electron chi connectivity index (χ1n) is 8.02. The Balaban J connectivity index is 2.27. The Kier molecular flexibility index (Phi) is 7.95. The van der Waals surface area contributed by atoms with Crippen molar-refractivity contribution in [3.8, 4) is 17.6 Å². The van der Waals surface area contributed by atoms with Crippen molar-refractivity contribution in [2.24, 2.45) is 0 Å². The monoisotopic (exact) mass is 497 g/mol. The van der Waals surface area contributed by atoms with E-state index in [0.29, 0.717) is 28.7 Å². The number of carbonyl (C=O) groups is 1. The van der Waals surface area contributed by atoms with E-state index >= 15 is 0 Å². The van der Waals surface area contributed by atoms with Gasteiger partial charge in [0, 0.05) is 5.02 Å². The first-order valence-corrected chi connectivity index (χ1v) is 9.47. The van der Waals surface area contributed by atoms with Crippen molar-refractivity contribution in [2.45, 2.75) is 13.5 Å². The largest absolute Gasteiger partial charge is 0.493 e. The van der Waals surface area contributed by atoms with Crippen LogP contribution in [0.1, 0.15) is 18.1 Å². The molecule has 0 N–H and O–H groups in total. The number of esters is 1. The molecule has 0 radical (unpaired) electrons. The molecule has 0 atom stereocenters. The minimum Gasteiger partial charge on any atom is -0.493 e. The van der Waals surface area contributed by atoms with Gasteiger partial charge in [0.05, 0.1) is 17.3 Å². The van der Waals surface area contributed by atoms with Crippen molar-refractivity contribution in [1.82, 2.24) is 0 Å². The molecule has 0 spiro atoms. The second-order valence-electron chi connectivity index (χ2n) is 5.34. The number of methoxy groups -OCH3 is 1. The molecule has 2 aromatic carbocycles. The number of rotatable bonds is 7. The van der Waals surface area contributed by atoms with Crippen molar-refractivity contribution < 1.29 is 19.0 Å². The Morgan fingerprint density at radius 1 is 1.30 bits per heavy atom. The number of nitrogens with zero attached hydrogens (tertiary/aromatic N) is 1. The Hall–Kier alpha value is -2.24. The van der Waals surface area contributed by atoms with Gasteiger partial charge in [-0.2, -0.15) is 5.26 Å². The lowest BCUT2D eigenvalue weighted by atomic mass is 10.1. The topological polar surface area (TPSA) is 68.6 Å². The van der Waals surface area contributed by atoms with Crippen LogP contribution in [0.5, 0.6) is 11.5 Å². The highest BCUT2D eigenvalue weighted by Gasteiger charge is 2.14. The molecule has 7 heteroatoms. The lowest BCUT2D eigenvalue weighted by molar-refractivity contribution is -0.137. The van der Waals surface area contributed by atoms with Crippen LogP contribution in [0, 0.1) is 14.9 Å². The van der Waals surface area contributed by atoms with Gasteiger partial charge in [0.2, 0.25) is 0 Å². The van der Waals surface area contributed by atoms with Gasteiger partial charge in [-0.15, -0.1) is 0 Å². The lowest BCUT2D eigenvalue weighted by Crippen LogP contribution is -2.06. The van der Waals surface area contributed by atoms with Crippen LogP contribution in [-0.2, 0) is 16.1 Å². The van der Waals surface area contributed by atoms with Crippen LogP contribution in [-0.4, -0.2) is 19.7 Å². The summed E-state index contributed by atoms with van der Waals surface area (Å²) < 4.78 is 17.0. The summed E-state index contributed by atoms with van der Waals surface area (Å²) in [5.41, 5.74) is 1.53. The summed E-state index contributed by atoms with van der Waals surface area (Å²) in [6.45, 7) is 2.24. The Bertz CT molecular complexity index is 888. The van der Waals surface area contributed by atoms with Crippen molar-refractivity contribution in [1.29, 1.82) is 5.26 Å². The third-order valence-corrected chi connectivity index (χ3v) is 4.53. The third-order valence-electron chi connectivity index (χ3n) is 3.48. The van der Waals surface area contributed by atoms with Gasteiger partial charge in [-0.3, -0.25) is 0 Å². The first-order chi connectivity index (χ1) is 13.0. The average molecular weight is 498 g/mol. The minimum atomic E-state index is -0.656. The van der Waals surface area contributed by atoms with Crippen molar-refractivity contribution in [3.05, 3.63) is 61.7 Å². The van der Waals surface area contributed by atoms with Gasteiger partial charge < -0.3 is 14.2 Å². The fourth-order valence-electron chi connectivity index (χ4n) is 2.21. The highest BCUT2D eigenvalue weighted by Crippen LogP contribution is 2.35. The smallest absolute Gasteiger partial charge is 0.348 e. The summed E-state index contributed by atoms with van der Waals surface area (Å²) >= 11 is 8.01. The molecule has 27 heavy (non-hydrogen) atoms. The van der Waals surface area contributed by atoms with Crippen molar-refractivity contribution in [2.75, 3.05) is 13.7 Å². The summed E-state index contributed by atoms with van der Waals surface area (Å²) in [6.07, 6.45) is 1.46. The molecule has 5 nitrogen and oxygen atoms in total. The van der Waals surface area contributed by atoms with E-state index in [1.165, 1.54) is 13.2 Å². The fraction of sp³-hybridized carbons (Fsp3) is 0.200. The Labute approximate surface area is 176 Å². The molecule has 0 aromatic heterocycles. The molecular formula is C20H17ClINO4. The van der Waals surface area contributed by atoms with E-state index in [0.717, 1.165) is 9.13 Å². The normalized spacial score (nSPS) is 10.9. The second-order valence-corrected chi connectivity index (χ2v) is 6.94. The standard InChI is InChI=1S/C20H17ClINO4/c1-3-26-20(24)15(11-23)8-14-9-17(22)19(18(10-14)25-2)27-12-13-4-6-16(21)7-5-13/h4-10H,3,12H2,1-2H3/b15-8-. The van der Waals surface area contributed by atoms with Crippen LogP contribution in [0.25, 0.3) is 6.08 Å². The maximum absolute atomic E-state index is 11.8. The van der Waals surface area contributed by atoms with Crippen molar-refractivity contribution in [3.63, 3.8) is 0 Å². The molecule has 0 heterocycles. The number of halogens is 2. The average Bonchev–Trinajstić information content (AvgIpc) is 2.66. The predicted molar refractivity (Wildman–Crippen MR) is 112 cm³/mol. The van der Waals surface area contributed by atoms with E-state index in [-0.39, 0.29) is 12.2 Å². The van der Waals surface area contributed by atoms with E-state index in [1.807, 2.05) is 18.2 Å². The van der Waals surface area contributed by atoms with Gasteiger partial charge in [-0.1, -0.05) is 23.7 Å². The number of nitriles is 1. The van der Waals surface area contributed by atoms with Crippen LogP contribution in [0.15, 0.2) is 42.0 Å². The summed E-state index contributed by atoms with van der Waals surface area (Å²) in [6, 6.07) is 12.7. The minimum absolute atomic E-state index is 0.0791. The molecule has 2 rings (SSSR count). The molecule has 0 amide bonds. The SMILES string of the molecule is CCOC(=O)/C(C#N)=C\c1cc(I)c(OCc2ccc(Cl)cc2)c(OC)c1. The number of benzene rings is 2. The molecule has 0 unspecified atom stereocenters. The predicted octanol–water partition coefficient (Wildman–Crippen LogP) is 5.00. The number of carbonyl (C=O) groups excluding carboxylic acids is 1. The van der Waals surface area contributed by atoms with Crippen LogP contribution in [0.3, 0.4) is 0 Å². The van der Waals surface area contributed by atoms with Crippen LogP contribution >= 0.6 is 34.2 Å². The number of ether oxygens (including phenoxy) is 3. The van der Waals surface area contributed by atoms with E-state index in [9.17, 15) is 10.1 Å². The van der Waals surface area contributed by atoms with E-state index in [1.54, 1.807) is 31.2 Å². The zero-order valence-corrected chi connectivity index (χ0v) is 17.7. The molecule has 0 fully saturated rings. The van der Waals surface area contributed by atoms with Crippen LogP contribution in [0.2, 0.25) is 5.02 Å². The van der Waals surface area contributed by atoms with Gasteiger partial charge in [-0.05, 0) is 71.0 Å². The van der Waals surface area contributed by atoms with E-state index in [2.05, 4.69) is 22.6 Å². The number of hydrogen-bond acceptors (Lipinski definition) is 5. The molecule has 2 aromatic rings. The van der Waals surface area contributed by atoms with Crippen molar-refractivity contribution >= 4 is 46.2 Å². The number of hydrogen-bond donors (Lipinski definition) is 0. The highest BCUT2D eigenvalue weighted by molar-refractivity contribution is 14.1. The molecule has 0 saturated carbocycles. The summed E-state index contributed by atoms with van der Waals surface area (Å²) in [4.78, 5) is 11.8. The molecule has 0 aliphatic heterocycles. The molecule has 0 aliphatic carbocycles. The molecular weight excluding hydrogens is 481 g/mol. The lowest BCUT2D eigenvalue weighted by Gasteiger charge is -2.14.